The molecule has 0 unspecified atom stereocenters. The minimum atomic E-state index is -1.65. The summed E-state index contributed by atoms with van der Waals surface area (Å²) in [6.45, 7) is 1.83. The molecule has 3 fully saturated rings. The Hall–Kier alpha value is -5.03. The van der Waals surface area contributed by atoms with E-state index in [0.29, 0.717) is 43.9 Å². The second kappa shape index (κ2) is 13.4. The third kappa shape index (κ3) is 5.29. The van der Waals surface area contributed by atoms with Gasteiger partial charge in [-0.05, 0) is 97.5 Å². The van der Waals surface area contributed by atoms with E-state index in [1.165, 1.54) is 31.3 Å². The first-order chi connectivity index (χ1) is 25.9. The topological polar surface area (TPSA) is 125 Å². The number of hydrogen-bond acceptors (Lipinski definition) is 8. The Balaban J connectivity index is 1.34. The van der Waals surface area contributed by atoms with Crippen molar-refractivity contribution in [3.8, 4) is 17.2 Å². The number of aromatic hydroxyl groups is 1. The minimum Gasteiger partial charge on any atom is -0.508 e. The number of fused-ring (bicyclic) bond motifs is 4. The summed E-state index contributed by atoms with van der Waals surface area (Å²) < 4.78 is 11.1. The van der Waals surface area contributed by atoms with E-state index in [1.807, 2.05) is 13.0 Å². The number of amides is 4. The van der Waals surface area contributed by atoms with Crippen molar-refractivity contribution in [3.63, 3.8) is 0 Å². The van der Waals surface area contributed by atoms with Crippen molar-refractivity contribution in [1.29, 1.82) is 0 Å². The number of methoxy groups -OCH3 is 2. The lowest BCUT2D eigenvalue weighted by Gasteiger charge is -2.50. The van der Waals surface area contributed by atoms with E-state index in [2.05, 4.69) is 5.43 Å². The molecular weight excluding hydrogens is 753 g/mol. The number of phenols is 1. The van der Waals surface area contributed by atoms with E-state index in [4.69, 9.17) is 44.3 Å². The van der Waals surface area contributed by atoms with Gasteiger partial charge in [-0.25, -0.2) is 4.90 Å². The summed E-state index contributed by atoms with van der Waals surface area (Å²) in [5.74, 6) is -5.38. The summed E-state index contributed by atoms with van der Waals surface area (Å²) in [6.07, 6.45) is 2.17. The molecule has 4 amide bonds. The molecule has 6 atom stereocenters. The van der Waals surface area contributed by atoms with Crippen molar-refractivity contribution < 1.29 is 33.8 Å². The molecule has 54 heavy (non-hydrogen) atoms. The van der Waals surface area contributed by atoms with Gasteiger partial charge in [0.15, 0.2) is 0 Å². The number of phenolic OH excluding ortho intramolecular Hbond substituents is 1. The lowest BCUT2D eigenvalue weighted by Crippen LogP contribution is -2.53. The summed E-state index contributed by atoms with van der Waals surface area (Å²) in [4.78, 5) is 60.3. The molecule has 0 bridgehead atoms. The largest absolute Gasteiger partial charge is 0.508 e. The van der Waals surface area contributed by atoms with Crippen LogP contribution in [0.2, 0.25) is 15.1 Å². The molecule has 0 spiro atoms. The molecule has 2 aliphatic carbocycles. The Kier molecular flexibility index (Phi) is 8.91. The van der Waals surface area contributed by atoms with Crippen molar-refractivity contribution in [3.05, 3.63) is 122 Å². The normalized spacial score (nSPS) is 26.0. The highest BCUT2D eigenvalue weighted by Gasteiger charge is 2.70. The molecule has 276 valence electrons. The van der Waals surface area contributed by atoms with E-state index < -0.39 is 52.7 Å². The molecule has 4 aromatic rings. The van der Waals surface area contributed by atoms with E-state index in [-0.39, 0.29) is 35.2 Å². The van der Waals surface area contributed by atoms with Gasteiger partial charge in [-0.1, -0.05) is 64.7 Å². The molecule has 2 aliphatic heterocycles. The van der Waals surface area contributed by atoms with Gasteiger partial charge in [0.1, 0.15) is 17.2 Å². The van der Waals surface area contributed by atoms with Crippen LogP contribution in [0, 0.1) is 30.6 Å². The van der Waals surface area contributed by atoms with Crippen molar-refractivity contribution in [1.82, 2.24) is 5.01 Å². The lowest BCUT2D eigenvalue weighted by molar-refractivity contribution is -0.138. The van der Waals surface area contributed by atoms with Crippen LogP contribution in [0.3, 0.4) is 0 Å². The molecule has 13 heteroatoms. The van der Waals surface area contributed by atoms with Gasteiger partial charge in [-0.2, -0.15) is 5.01 Å². The second-order valence-corrected chi connectivity index (χ2v) is 15.3. The predicted octanol–water partition coefficient (Wildman–Crippen LogP) is 7.87. The Labute approximate surface area is 326 Å². The SMILES string of the molecule is COc1ccc([C@@]23C(=O)N(Nc4ccc(Cl)cc4Cl)C(=O)[C@@H]2C[C@@H]2C(=CC[C@@H]4C(=O)N(c5ccc(C)c(Cl)c5)C(=O)[C@@H]42)[C@@H]3c2cc(OC)ccc2O)cc1. The van der Waals surface area contributed by atoms with E-state index in [1.54, 1.807) is 66.7 Å². The number of hydrogen-bond donors (Lipinski definition) is 2. The first-order valence-corrected chi connectivity index (χ1v) is 18.5. The highest BCUT2D eigenvalue weighted by molar-refractivity contribution is 6.36. The second-order valence-electron chi connectivity index (χ2n) is 14.1. The maximum Gasteiger partial charge on any atom is 0.260 e. The monoisotopic (exact) mass is 785 g/mol. The molecular formula is C41H34Cl3N3O7. The number of aryl methyl sites for hydroxylation is 1. The van der Waals surface area contributed by atoms with Crippen LogP contribution < -0.4 is 19.8 Å². The number of carbonyl (C=O) groups is 4. The number of nitrogens with zero attached hydrogens (tertiary/aromatic N) is 2. The molecule has 2 saturated heterocycles. The third-order valence-corrected chi connectivity index (χ3v) is 12.5. The van der Waals surface area contributed by atoms with Crippen LogP contribution in [0.4, 0.5) is 11.4 Å². The number of hydrazine groups is 1. The zero-order valence-electron chi connectivity index (χ0n) is 29.3. The number of allylic oxidation sites excluding steroid dienone is 2. The summed E-state index contributed by atoms with van der Waals surface area (Å²) in [7, 11) is 3.02. The molecule has 4 aromatic carbocycles. The van der Waals surface area contributed by atoms with Gasteiger partial charge in [-0.3, -0.25) is 24.6 Å². The molecule has 4 aliphatic rings. The zero-order valence-corrected chi connectivity index (χ0v) is 31.6. The maximum absolute atomic E-state index is 15.4. The van der Waals surface area contributed by atoms with Crippen molar-refractivity contribution in [2.24, 2.45) is 23.7 Å². The van der Waals surface area contributed by atoms with Crippen LogP contribution in [-0.4, -0.2) is 48.0 Å². The van der Waals surface area contributed by atoms with E-state index in [9.17, 15) is 19.5 Å². The highest BCUT2D eigenvalue weighted by atomic mass is 35.5. The van der Waals surface area contributed by atoms with Crippen LogP contribution in [0.25, 0.3) is 0 Å². The average Bonchev–Trinajstić information content (AvgIpc) is 3.54. The smallest absolute Gasteiger partial charge is 0.260 e. The van der Waals surface area contributed by atoms with Gasteiger partial charge in [0, 0.05) is 21.5 Å². The van der Waals surface area contributed by atoms with Crippen LogP contribution in [0.5, 0.6) is 17.2 Å². The Bertz CT molecular complexity index is 2300. The average molecular weight is 787 g/mol. The molecule has 10 nitrogen and oxygen atoms in total. The number of halogens is 3. The molecule has 2 heterocycles. The number of rotatable bonds is 7. The standard InChI is InChI=1S/C41H34Cl3N3O7/c1-20-4-8-23(17-31(20)43)46-37(49)27-13-12-26-28(35(27)39(46)51)19-30-38(50)47(45-33-14-7-22(42)16-32(33)44)40(52)41(30,21-5-9-24(53-2)10-6-21)36(26)29-18-25(54-3)11-15-34(29)48/h4-12,14-18,27-28,30,35-36,45,48H,13,19H2,1-3H3/t27-,28+,30-,35-,36+,41+/m0/s1. The summed E-state index contributed by atoms with van der Waals surface area (Å²) in [5, 5.41) is 13.6. The Morgan fingerprint density at radius 1 is 0.796 bits per heavy atom. The fraction of sp³-hybridized carbons (Fsp3) is 0.268. The van der Waals surface area contributed by atoms with E-state index in [0.717, 1.165) is 10.6 Å². The number of imide groups is 2. The third-order valence-electron chi connectivity index (χ3n) is 11.5. The van der Waals surface area contributed by atoms with Gasteiger partial charge >= 0.3 is 0 Å². The van der Waals surface area contributed by atoms with Crippen LogP contribution in [0.15, 0.2) is 90.5 Å². The number of anilines is 2. The van der Waals surface area contributed by atoms with Crippen LogP contribution in [-0.2, 0) is 24.6 Å². The van der Waals surface area contributed by atoms with Gasteiger partial charge in [0.2, 0.25) is 11.8 Å². The quantitative estimate of drug-likeness (QED) is 0.143. The van der Waals surface area contributed by atoms with E-state index >= 15 is 4.79 Å². The summed E-state index contributed by atoms with van der Waals surface area (Å²) in [5.41, 5.74) is 4.25. The Morgan fingerprint density at radius 2 is 1.52 bits per heavy atom. The molecule has 0 aromatic heterocycles. The van der Waals surface area contributed by atoms with Crippen LogP contribution in [0.1, 0.15) is 35.4 Å². The predicted molar refractivity (Wildman–Crippen MR) is 204 cm³/mol. The highest BCUT2D eigenvalue weighted by Crippen LogP contribution is 2.65. The fourth-order valence-corrected chi connectivity index (χ4v) is 9.68. The molecule has 1 saturated carbocycles. The van der Waals surface area contributed by atoms with Gasteiger partial charge < -0.3 is 14.6 Å². The first kappa shape index (κ1) is 36.0. The number of ether oxygens (including phenoxy) is 2. The first-order valence-electron chi connectivity index (χ1n) is 17.4. The van der Waals surface area contributed by atoms with Crippen molar-refractivity contribution in [2.45, 2.75) is 31.1 Å². The van der Waals surface area contributed by atoms with Crippen molar-refractivity contribution >= 4 is 69.8 Å². The number of carbonyl (C=O) groups excluding carboxylic acids is 4. The molecule has 0 radical (unpaired) electrons. The number of nitrogens with one attached hydrogen (secondary N) is 1. The maximum atomic E-state index is 15.4. The lowest BCUT2D eigenvalue weighted by atomic mass is 9.49. The van der Waals surface area contributed by atoms with Gasteiger partial charge in [0.05, 0.1) is 53.8 Å². The van der Waals surface area contributed by atoms with Gasteiger partial charge in [0.25, 0.3) is 11.8 Å². The fourth-order valence-electron chi connectivity index (χ4n) is 9.05. The Morgan fingerprint density at radius 3 is 2.20 bits per heavy atom. The van der Waals surface area contributed by atoms with Gasteiger partial charge in [-0.15, -0.1) is 0 Å². The zero-order chi connectivity index (χ0) is 38.2. The van der Waals surface area contributed by atoms with Crippen molar-refractivity contribution in [2.75, 3.05) is 24.5 Å². The summed E-state index contributed by atoms with van der Waals surface area (Å²) >= 11 is 19.2. The summed E-state index contributed by atoms with van der Waals surface area (Å²) in [6, 6.07) is 21.4. The number of benzene rings is 4. The minimum absolute atomic E-state index is 0.0544. The van der Waals surface area contributed by atoms with Crippen LogP contribution >= 0.6 is 34.8 Å². The molecule has 2 N–H and O–H groups in total. The molecule has 8 rings (SSSR count).